The predicted molar refractivity (Wildman–Crippen MR) is 78.0 cm³/mol. The van der Waals surface area contributed by atoms with E-state index in [-0.39, 0.29) is 0 Å². The monoisotopic (exact) mass is 254 g/mol. The molecule has 2 N–H and O–H groups in total. The Hall–Kier alpha value is -1.87. The van der Waals surface area contributed by atoms with Crippen LogP contribution in [0.1, 0.15) is 16.1 Å². The predicted octanol–water partition coefficient (Wildman–Crippen LogP) is 3.78. The van der Waals surface area contributed by atoms with Crippen LogP contribution >= 0.6 is 11.3 Å². The zero-order valence-electron chi connectivity index (χ0n) is 10.2. The van der Waals surface area contributed by atoms with E-state index in [1.165, 1.54) is 10.3 Å². The lowest BCUT2D eigenvalue weighted by Gasteiger charge is -2.01. The van der Waals surface area contributed by atoms with E-state index >= 15 is 0 Å². The number of hydrogen-bond donors (Lipinski definition) is 1. The van der Waals surface area contributed by atoms with Gasteiger partial charge in [-0.25, -0.2) is 4.98 Å². The van der Waals surface area contributed by atoms with E-state index in [0.717, 1.165) is 28.2 Å². The molecule has 0 spiro atoms. The van der Waals surface area contributed by atoms with Gasteiger partial charge in [0.2, 0.25) is 0 Å². The summed E-state index contributed by atoms with van der Waals surface area (Å²) in [6, 6.07) is 14.3. The van der Waals surface area contributed by atoms with Crippen LogP contribution in [0.5, 0.6) is 0 Å². The Balaban J connectivity index is 1.98. The second kappa shape index (κ2) is 4.42. The number of aryl methyl sites for hydroxylation is 1. The summed E-state index contributed by atoms with van der Waals surface area (Å²) in [6.07, 6.45) is 0.811. The number of hydrogen-bond acceptors (Lipinski definition) is 3. The van der Waals surface area contributed by atoms with Crippen molar-refractivity contribution in [2.75, 3.05) is 5.73 Å². The van der Waals surface area contributed by atoms with Gasteiger partial charge in [-0.15, -0.1) is 11.3 Å². The summed E-state index contributed by atoms with van der Waals surface area (Å²) in [4.78, 5) is 4.65. The first-order valence-electron chi connectivity index (χ1n) is 5.92. The SMILES string of the molecule is Cc1ccc2nc(Cc3ccccc3N)sc2c1. The van der Waals surface area contributed by atoms with Gasteiger partial charge in [-0.3, -0.25) is 0 Å². The molecule has 1 aromatic heterocycles. The van der Waals surface area contributed by atoms with Crippen LogP contribution in [0.15, 0.2) is 42.5 Å². The standard InChI is InChI=1S/C15H14N2S/c1-10-6-7-13-14(8-10)18-15(17-13)9-11-4-2-3-5-12(11)16/h2-8H,9,16H2,1H3. The van der Waals surface area contributed by atoms with Crippen LogP contribution in [0.2, 0.25) is 0 Å². The first-order valence-corrected chi connectivity index (χ1v) is 6.73. The van der Waals surface area contributed by atoms with Gasteiger partial charge in [0, 0.05) is 12.1 Å². The Kier molecular flexibility index (Phi) is 2.76. The van der Waals surface area contributed by atoms with E-state index in [0.29, 0.717) is 0 Å². The molecule has 0 radical (unpaired) electrons. The smallest absolute Gasteiger partial charge is 0.0983 e. The normalized spacial score (nSPS) is 10.9. The van der Waals surface area contributed by atoms with E-state index in [2.05, 4.69) is 36.2 Å². The number of nitrogens with zero attached hydrogens (tertiary/aromatic N) is 1. The van der Waals surface area contributed by atoms with Crippen LogP contribution in [0.3, 0.4) is 0 Å². The lowest BCUT2D eigenvalue weighted by atomic mass is 10.1. The van der Waals surface area contributed by atoms with Crippen LogP contribution in [0.4, 0.5) is 5.69 Å². The van der Waals surface area contributed by atoms with Crippen molar-refractivity contribution in [3.05, 3.63) is 58.6 Å². The van der Waals surface area contributed by atoms with E-state index in [1.807, 2.05) is 18.2 Å². The largest absolute Gasteiger partial charge is 0.398 e. The molecule has 3 rings (SSSR count). The third-order valence-electron chi connectivity index (χ3n) is 2.99. The van der Waals surface area contributed by atoms with Gasteiger partial charge in [0.05, 0.1) is 15.2 Å². The van der Waals surface area contributed by atoms with E-state index < -0.39 is 0 Å². The molecule has 0 aliphatic rings. The maximum atomic E-state index is 5.96. The molecule has 18 heavy (non-hydrogen) atoms. The van der Waals surface area contributed by atoms with E-state index in [1.54, 1.807) is 11.3 Å². The molecule has 0 aliphatic heterocycles. The molecular weight excluding hydrogens is 240 g/mol. The van der Waals surface area contributed by atoms with Crippen LogP contribution in [0.25, 0.3) is 10.2 Å². The molecule has 0 bridgehead atoms. The quantitative estimate of drug-likeness (QED) is 0.707. The first kappa shape index (κ1) is 11.2. The van der Waals surface area contributed by atoms with Gasteiger partial charge in [-0.2, -0.15) is 0 Å². The van der Waals surface area contributed by atoms with Crippen molar-refractivity contribution in [3.8, 4) is 0 Å². The molecule has 0 saturated heterocycles. The minimum Gasteiger partial charge on any atom is -0.398 e. The van der Waals surface area contributed by atoms with Gasteiger partial charge in [0.1, 0.15) is 0 Å². The van der Waals surface area contributed by atoms with Gasteiger partial charge >= 0.3 is 0 Å². The number of thiazole rings is 1. The summed E-state index contributed by atoms with van der Waals surface area (Å²) >= 11 is 1.75. The fourth-order valence-electron chi connectivity index (χ4n) is 2.01. The third-order valence-corrected chi connectivity index (χ3v) is 4.00. The van der Waals surface area contributed by atoms with Crippen LogP contribution in [-0.2, 0) is 6.42 Å². The molecule has 3 aromatic rings. The summed E-state index contributed by atoms with van der Waals surface area (Å²) in [5.41, 5.74) is 10.3. The Morgan fingerprint density at radius 2 is 2.00 bits per heavy atom. The number of nitrogen functional groups attached to an aromatic ring is 1. The van der Waals surface area contributed by atoms with Crippen molar-refractivity contribution in [3.63, 3.8) is 0 Å². The highest BCUT2D eigenvalue weighted by atomic mass is 32.1. The molecule has 90 valence electrons. The topological polar surface area (TPSA) is 38.9 Å². The number of nitrogens with two attached hydrogens (primary N) is 1. The van der Waals surface area contributed by atoms with Crippen molar-refractivity contribution < 1.29 is 0 Å². The average molecular weight is 254 g/mol. The fourth-order valence-corrected chi connectivity index (χ4v) is 3.10. The van der Waals surface area contributed by atoms with Crippen LogP contribution < -0.4 is 5.73 Å². The van der Waals surface area contributed by atoms with Gasteiger partial charge < -0.3 is 5.73 Å². The Morgan fingerprint density at radius 1 is 1.17 bits per heavy atom. The number of benzene rings is 2. The Bertz CT molecular complexity index is 701. The molecule has 2 aromatic carbocycles. The minimum atomic E-state index is 0.811. The van der Waals surface area contributed by atoms with Gasteiger partial charge in [-0.05, 0) is 36.2 Å². The second-order valence-corrected chi connectivity index (χ2v) is 5.57. The second-order valence-electron chi connectivity index (χ2n) is 4.45. The number of para-hydroxylation sites is 1. The number of anilines is 1. The maximum Gasteiger partial charge on any atom is 0.0983 e. The Morgan fingerprint density at radius 3 is 2.83 bits per heavy atom. The summed E-state index contributed by atoms with van der Waals surface area (Å²) < 4.78 is 1.25. The summed E-state index contributed by atoms with van der Waals surface area (Å²) in [5, 5.41) is 1.12. The lowest BCUT2D eigenvalue weighted by Crippen LogP contribution is -1.94. The highest BCUT2D eigenvalue weighted by molar-refractivity contribution is 7.18. The van der Waals surface area contributed by atoms with Gasteiger partial charge in [-0.1, -0.05) is 24.3 Å². The maximum absolute atomic E-state index is 5.96. The van der Waals surface area contributed by atoms with Crippen molar-refractivity contribution in [2.24, 2.45) is 0 Å². The van der Waals surface area contributed by atoms with E-state index in [9.17, 15) is 0 Å². The van der Waals surface area contributed by atoms with Crippen molar-refractivity contribution in [2.45, 2.75) is 13.3 Å². The molecule has 0 unspecified atom stereocenters. The summed E-state index contributed by atoms with van der Waals surface area (Å²) in [5.74, 6) is 0. The average Bonchev–Trinajstić information content (AvgIpc) is 2.73. The fraction of sp³-hybridized carbons (Fsp3) is 0.133. The van der Waals surface area contributed by atoms with Crippen molar-refractivity contribution in [1.29, 1.82) is 0 Å². The molecule has 0 aliphatic carbocycles. The molecule has 1 heterocycles. The molecular formula is C15H14N2S. The third kappa shape index (κ3) is 2.09. The van der Waals surface area contributed by atoms with Crippen molar-refractivity contribution >= 4 is 27.2 Å². The zero-order chi connectivity index (χ0) is 12.5. The summed E-state index contributed by atoms with van der Waals surface area (Å²) in [7, 11) is 0. The van der Waals surface area contributed by atoms with Crippen LogP contribution in [-0.4, -0.2) is 4.98 Å². The molecule has 0 fully saturated rings. The lowest BCUT2D eigenvalue weighted by molar-refractivity contribution is 1.16. The van der Waals surface area contributed by atoms with E-state index in [4.69, 9.17) is 5.73 Å². The molecule has 0 amide bonds. The number of fused-ring (bicyclic) bond motifs is 1. The Labute approximate surface area is 110 Å². The van der Waals surface area contributed by atoms with Gasteiger partial charge in [0.25, 0.3) is 0 Å². The highest BCUT2D eigenvalue weighted by Gasteiger charge is 2.06. The molecule has 0 atom stereocenters. The molecule has 3 heteroatoms. The van der Waals surface area contributed by atoms with Crippen molar-refractivity contribution in [1.82, 2.24) is 4.98 Å². The van der Waals surface area contributed by atoms with Crippen LogP contribution in [0, 0.1) is 6.92 Å². The minimum absolute atomic E-state index is 0.811. The zero-order valence-corrected chi connectivity index (χ0v) is 11.0. The first-order chi connectivity index (χ1) is 8.72. The molecule has 0 saturated carbocycles. The van der Waals surface area contributed by atoms with Gasteiger partial charge in [0.15, 0.2) is 0 Å². The summed E-state index contributed by atoms with van der Waals surface area (Å²) in [6.45, 7) is 2.11. The molecule has 2 nitrogen and oxygen atoms in total. The number of aromatic nitrogens is 1. The highest BCUT2D eigenvalue weighted by Crippen LogP contribution is 2.26. The number of rotatable bonds is 2.